The van der Waals surface area contributed by atoms with E-state index in [2.05, 4.69) is 24.7 Å². The number of aromatic carboxylic acids is 1. The van der Waals surface area contributed by atoms with E-state index in [1.807, 2.05) is 0 Å². The summed E-state index contributed by atoms with van der Waals surface area (Å²) in [4.78, 5) is 60.0. The second-order valence-corrected chi connectivity index (χ2v) is 8.30. The number of carboxylic acid groups (broad SMARTS) is 1. The molecule has 4 rings (SSSR count). The Hall–Kier alpha value is -5.92. The number of rotatable bonds is 12. The summed E-state index contributed by atoms with van der Waals surface area (Å²) in [6.07, 6.45) is 9.76. The van der Waals surface area contributed by atoms with Gasteiger partial charge in [0.1, 0.15) is 24.7 Å². The zero-order valence-corrected chi connectivity index (χ0v) is 23.3. The molecule has 0 fully saturated rings. The van der Waals surface area contributed by atoms with Crippen LogP contribution >= 0.6 is 0 Å². The maximum atomic E-state index is 11.4. The van der Waals surface area contributed by atoms with Crippen LogP contribution in [0, 0.1) is 0 Å². The lowest BCUT2D eigenvalue weighted by molar-refractivity contribution is 0.0599. The molecular weight excluding hydrogens is 564 g/mol. The summed E-state index contributed by atoms with van der Waals surface area (Å²) in [6.45, 7) is 0.204. The fraction of sp³-hybridized carbons (Fsp3) is 0.172. The third kappa shape index (κ3) is 9.04. The summed E-state index contributed by atoms with van der Waals surface area (Å²) in [5, 5.41) is 8.88. The first-order valence-electron chi connectivity index (χ1n) is 12.2. The molecule has 14 heteroatoms. The Balaban J connectivity index is 0.000000236. The average Bonchev–Trinajstić information content (AvgIpc) is 3.06. The van der Waals surface area contributed by atoms with Gasteiger partial charge in [-0.3, -0.25) is 19.6 Å². The number of pyridine rings is 4. The highest BCUT2D eigenvalue weighted by Gasteiger charge is 2.11. The SMILES string of the molecule is COC(=O)c1cncc(COc2cnc(OC)cc2C=O)c1.COc1cc(C=O)c(OCc2cncc(C(=O)O)c2)cn1. The molecule has 0 aliphatic rings. The molecule has 0 aliphatic heterocycles. The van der Waals surface area contributed by atoms with Gasteiger partial charge < -0.3 is 28.8 Å². The van der Waals surface area contributed by atoms with Gasteiger partial charge >= 0.3 is 11.9 Å². The lowest BCUT2D eigenvalue weighted by atomic mass is 10.2. The quantitative estimate of drug-likeness (QED) is 0.187. The number of hydrogen-bond acceptors (Lipinski definition) is 13. The van der Waals surface area contributed by atoms with Crippen LogP contribution in [0.1, 0.15) is 52.6 Å². The normalized spacial score (nSPS) is 9.93. The number of methoxy groups -OCH3 is 3. The molecule has 0 aliphatic carbocycles. The highest BCUT2D eigenvalue weighted by atomic mass is 16.5. The van der Waals surface area contributed by atoms with Crippen molar-refractivity contribution < 1.29 is 48.0 Å². The van der Waals surface area contributed by atoms with Crippen LogP contribution in [0.4, 0.5) is 0 Å². The Kier molecular flexibility index (Phi) is 11.6. The summed E-state index contributed by atoms with van der Waals surface area (Å²) in [7, 11) is 4.20. The van der Waals surface area contributed by atoms with E-state index in [4.69, 9.17) is 24.1 Å². The highest BCUT2D eigenvalue weighted by Crippen LogP contribution is 2.22. The Labute approximate surface area is 245 Å². The Morgan fingerprint density at radius 3 is 1.58 bits per heavy atom. The van der Waals surface area contributed by atoms with E-state index in [9.17, 15) is 19.2 Å². The summed E-state index contributed by atoms with van der Waals surface area (Å²) in [5.41, 5.74) is 2.25. The topological polar surface area (TPSA) is 186 Å². The fourth-order valence-electron chi connectivity index (χ4n) is 3.33. The van der Waals surface area contributed by atoms with Crippen LogP contribution in [0.25, 0.3) is 0 Å². The zero-order valence-electron chi connectivity index (χ0n) is 23.3. The zero-order chi connectivity index (χ0) is 31.2. The van der Waals surface area contributed by atoms with Crippen molar-refractivity contribution in [1.82, 2.24) is 19.9 Å². The first kappa shape index (κ1) is 31.6. The molecule has 0 amide bonds. The molecule has 1 N–H and O–H groups in total. The van der Waals surface area contributed by atoms with Crippen molar-refractivity contribution in [2.45, 2.75) is 13.2 Å². The number of carboxylic acids is 1. The predicted octanol–water partition coefficient (Wildman–Crippen LogP) is 3.24. The number of carbonyl (C=O) groups excluding carboxylic acids is 3. The Bertz CT molecular complexity index is 1600. The second kappa shape index (κ2) is 15.8. The first-order chi connectivity index (χ1) is 20.8. The second-order valence-electron chi connectivity index (χ2n) is 8.30. The largest absolute Gasteiger partial charge is 0.486 e. The molecule has 0 saturated heterocycles. The summed E-state index contributed by atoms with van der Waals surface area (Å²) in [6, 6.07) is 5.99. The van der Waals surface area contributed by atoms with Crippen molar-refractivity contribution in [1.29, 1.82) is 0 Å². The van der Waals surface area contributed by atoms with Gasteiger partial charge in [-0.05, 0) is 12.1 Å². The number of nitrogens with zero attached hydrogens (tertiary/aromatic N) is 4. The van der Waals surface area contributed by atoms with Crippen LogP contribution in [0.5, 0.6) is 23.3 Å². The number of carbonyl (C=O) groups is 4. The minimum atomic E-state index is -1.07. The fourth-order valence-corrected chi connectivity index (χ4v) is 3.33. The predicted molar refractivity (Wildman–Crippen MR) is 148 cm³/mol. The summed E-state index contributed by atoms with van der Waals surface area (Å²) < 4.78 is 25.5. The molecule has 222 valence electrons. The summed E-state index contributed by atoms with van der Waals surface area (Å²) >= 11 is 0. The molecule has 4 heterocycles. The first-order valence-corrected chi connectivity index (χ1v) is 12.2. The van der Waals surface area contributed by atoms with Gasteiger partial charge in [0, 0.05) is 48.0 Å². The van der Waals surface area contributed by atoms with Crippen LogP contribution in [0.15, 0.2) is 61.4 Å². The van der Waals surface area contributed by atoms with Gasteiger partial charge in [-0.2, -0.15) is 0 Å². The number of aldehydes is 2. The van der Waals surface area contributed by atoms with Gasteiger partial charge in [-0.25, -0.2) is 19.6 Å². The van der Waals surface area contributed by atoms with Gasteiger partial charge in [-0.1, -0.05) is 0 Å². The third-order valence-electron chi connectivity index (χ3n) is 5.46. The van der Waals surface area contributed by atoms with E-state index in [-0.39, 0.29) is 24.5 Å². The molecule has 0 spiro atoms. The van der Waals surface area contributed by atoms with E-state index in [1.54, 1.807) is 12.3 Å². The maximum absolute atomic E-state index is 11.4. The number of hydrogen-bond donors (Lipinski definition) is 1. The minimum Gasteiger partial charge on any atom is -0.486 e. The molecule has 0 bridgehead atoms. The van der Waals surface area contributed by atoms with Crippen LogP contribution in [0.2, 0.25) is 0 Å². The molecule has 0 unspecified atom stereocenters. The van der Waals surface area contributed by atoms with E-state index < -0.39 is 11.9 Å². The molecular formula is C29H26N4O10. The van der Waals surface area contributed by atoms with E-state index in [1.165, 1.54) is 70.5 Å². The number of ether oxygens (including phenoxy) is 5. The van der Waals surface area contributed by atoms with Crippen molar-refractivity contribution in [2.24, 2.45) is 0 Å². The van der Waals surface area contributed by atoms with Crippen LogP contribution in [-0.4, -0.2) is 70.9 Å². The Morgan fingerprint density at radius 1 is 0.698 bits per heavy atom. The van der Waals surface area contributed by atoms with Crippen LogP contribution in [-0.2, 0) is 18.0 Å². The van der Waals surface area contributed by atoms with Gasteiger partial charge in [0.25, 0.3) is 0 Å². The summed E-state index contributed by atoms with van der Waals surface area (Å²) in [5.74, 6) is -0.313. The lowest BCUT2D eigenvalue weighted by Crippen LogP contribution is -2.05. The minimum absolute atomic E-state index is 0.0690. The van der Waals surface area contributed by atoms with Crippen LogP contribution in [0.3, 0.4) is 0 Å². The molecule has 0 saturated carbocycles. The molecule has 0 aromatic carbocycles. The van der Waals surface area contributed by atoms with Crippen LogP contribution < -0.4 is 18.9 Å². The van der Waals surface area contributed by atoms with E-state index in [0.29, 0.717) is 57.9 Å². The van der Waals surface area contributed by atoms with E-state index >= 15 is 0 Å². The van der Waals surface area contributed by atoms with Gasteiger partial charge in [0.15, 0.2) is 12.6 Å². The van der Waals surface area contributed by atoms with Crippen molar-refractivity contribution in [3.8, 4) is 23.3 Å². The molecule has 4 aromatic rings. The van der Waals surface area contributed by atoms with Crippen molar-refractivity contribution in [3.05, 3.63) is 94.8 Å². The molecule has 14 nitrogen and oxygen atoms in total. The van der Waals surface area contributed by atoms with Crippen molar-refractivity contribution in [2.75, 3.05) is 21.3 Å². The number of aromatic nitrogens is 4. The third-order valence-corrected chi connectivity index (χ3v) is 5.46. The average molecular weight is 591 g/mol. The van der Waals surface area contributed by atoms with Crippen molar-refractivity contribution in [3.63, 3.8) is 0 Å². The van der Waals surface area contributed by atoms with E-state index in [0.717, 1.165) is 0 Å². The Morgan fingerprint density at radius 2 is 1.16 bits per heavy atom. The molecule has 0 atom stereocenters. The number of esters is 1. The molecule has 4 aromatic heterocycles. The van der Waals surface area contributed by atoms with Crippen molar-refractivity contribution >= 4 is 24.5 Å². The monoisotopic (exact) mass is 590 g/mol. The standard InChI is InChI=1S/C15H14N2O5.C14H12N2O5/c1-20-14-4-12(8-18)13(7-17-14)22-9-10-3-11(6-16-5-10)15(19)21-2;1-20-13-3-11(7-17)12(6-16-13)21-8-9-2-10(14(18)19)5-15-4-9/h3-8H,9H2,1-2H3;2-7H,8H2,1H3,(H,18,19). The lowest BCUT2D eigenvalue weighted by Gasteiger charge is -2.09. The van der Waals surface area contributed by atoms with Gasteiger partial charge in [0.2, 0.25) is 11.8 Å². The molecule has 43 heavy (non-hydrogen) atoms. The smallest absolute Gasteiger partial charge is 0.339 e. The molecule has 0 radical (unpaired) electrons. The van der Waals surface area contributed by atoms with Gasteiger partial charge in [0.05, 0.1) is 56.0 Å². The van der Waals surface area contributed by atoms with Gasteiger partial charge in [-0.15, -0.1) is 0 Å². The maximum Gasteiger partial charge on any atom is 0.339 e. The highest BCUT2D eigenvalue weighted by molar-refractivity contribution is 5.89.